The SMILES string of the molecule is CN(C(=O)[C@@H]1CCCN1)[C@@]1(c2ccccc2Cl)CCCCC1=O. The van der Waals surface area contributed by atoms with Crippen LogP contribution in [0.1, 0.15) is 44.1 Å². The first-order valence-electron chi connectivity index (χ1n) is 8.37. The number of nitrogens with one attached hydrogen (secondary N) is 1. The second-order valence-electron chi connectivity index (χ2n) is 6.52. The number of hydrogen-bond donors (Lipinski definition) is 1. The van der Waals surface area contributed by atoms with E-state index in [2.05, 4.69) is 5.32 Å². The van der Waals surface area contributed by atoms with Crippen LogP contribution in [0.15, 0.2) is 24.3 Å². The van der Waals surface area contributed by atoms with Gasteiger partial charge in [-0.3, -0.25) is 9.59 Å². The van der Waals surface area contributed by atoms with E-state index in [1.54, 1.807) is 18.0 Å². The van der Waals surface area contributed by atoms with Gasteiger partial charge in [-0.2, -0.15) is 0 Å². The van der Waals surface area contributed by atoms with E-state index in [1.807, 2.05) is 18.2 Å². The monoisotopic (exact) mass is 334 g/mol. The van der Waals surface area contributed by atoms with Crippen molar-refractivity contribution in [2.24, 2.45) is 0 Å². The first-order valence-corrected chi connectivity index (χ1v) is 8.74. The van der Waals surface area contributed by atoms with E-state index in [4.69, 9.17) is 11.6 Å². The lowest BCUT2D eigenvalue weighted by molar-refractivity contribution is -0.149. The zero-order valence-electron chi connectivity index (χ0n) is 13.5. The van der Waals surface area contributed by atoms with Crippen molar-refractivity contribution in [3.05, 3.63) is 34.9 Å². The van der Waals surface area contributed by atoms with Crippen molar-refractivity contribution in [1.29, 1.82) is 0 Å². The number of benzene rings is 1. The van der Waals surface area contributed by atoms with Gasteiger partial charge in [-0.1, -0.05) is 29.8 Å². The van der Waals surface area contributed by atoms with Gasteiger partial charge in [-0.15, -0.1) is 0 Å². The van der Waals surface area contributed by atoms with Gasteiger partial charge in [0.25, 0.3) is 0 Å². The number of carbonyl (C=O) groups excluding carboxylic acids is 2. The standard InChI is InChI=1S/C18H23ClN2O2/c1-21(17(23)15-9-6-12-20-15)18(11-5-4-10-16(18)22)13-7-2-3-8-14(13)19/h2-3,7-8,15,20H,4-6,9-12H2,1H3/t15-,18+/m0/s1. The van der Waals surface area contributed by atoms with Crippen molar-refractivity contribution in [2.75, 3.05) is 13.6 Å². The maximum Gasteiger partial charge on any atom is 0.240 e. The molecule has 1 aliphatic heterocycles. The summed E-state index contributed by atoms with van der Waals surface area (Å²) < 4.78 is 0. The van der Waals surface area contributed by atoms with Gasteiger partial charge in [0, 0.05) is 24.1 Å². The zero-order chi connectivity index (χ0) is 16.4. The van der Waals surface area contributed by atoms with E-state index < -0.39 is 5.54 Å². The van der Waals surface area contributed by atoms with Crippen LogP contribution >= 0.6 is 11.6 Å². The van der Waals surface area contributed by atoms with Crippen molar-refractivity contribution >= 4 is 23.3 Å². The van der Waals surface area contributed by atoms with Crippen LogP contribution in [0.5, 0.6) is 0 Å². The molecule has 1 aromatic rings. The number of Topliss-reactive ketones (excluding diaryl/α,β-unsaturated/α-hetero) is 1. The van der Waals surface area contributed by atoms with E-state index in [0.29, 0.717) is 17.9 Å². The summed E-state index contributed by atoms with van der Waals surface area (Å²) in [6, 6.07) is 7.24. The molecule has 1 saturated heterocycles. The summed E-state index contributed by atoms with van der Waals surface area (Å²) in [5.41, 5.74) is -0.155. The Hall–Kier alpha value is -1.39. The summed E-state index contributed by atoms with van der Waals surface area (Å²) in [5.74, 6) is 0.100. The first kappa shape index (κ1) is 16.5. The Labute approximate surface area is 142 Å². The molecule has 1 aromatic carbocycles. The number of amides is 1. The lowest BCUT2D eigenvalue weighted by atomic mass is 9.74. The average Bonchev–Trinajstić information content (AvgIpc) is 3.09. The normalized spacial score (nSPS) is 27.9. The highest BCUT2D eigenvalue weighted by molar-refractivity contribution is 6.31. The number of ketones is 1. The Balaban J connectivity index is 2.03. The summed E-state index contributed by atoms with van der Waals surface area (Å²) in [4.78, 5) is 27.6. The molecule has 0 spiro atoms. The zero-order valence-corrected chi connectivity index (χ0v) is 14.2. The molecule has 23 heavy (non-hydrogen) atoms. The predicted molar refractivity (Wildman–Crippen MR) is 90.4 cm³/mol. The molecule has 0 aromatic heterocycles. The minimum absolute atomic E-state index is 0.00216. The Kier molecular flexibility index (Phi) is 4.74. The van der Waals surface area contributed by atoms with Crippen LogP contribution in [-0.4, -0.2) is 36.2 Å². The highest BCUT2D eigenvalue weighted by Gasteiger charge is 2.49. The molecular formula is C18H23ClN2O2. The Morgan fingerprint density at radius 1 is 1.30 bits per heavy atom. The maximum absolute atomic E-state index is 13.0. The van der Waals surface area contributed by atoms with Gasteiger partial charge in [0.15, 0.2) is 5.78 Å². The van der Waals surface area contributed by atoms with Crippen LogP contribution in [0.3, 0.4) is 0 Å². The summed E-state index contributed by atoms with van der Waals surface area (Å²) in [6.07, 6.45) is 4.78. The van der Waals surface area contributed by atoms with Crippen LogP contribution in [0.2, 0.25) is 5.02 Å². The van der Waals surface area contributed by atoms with E-state index in [-0.39, 0.29) is 17.7 Å². The Morgan fingerprint density at radius 2 is 2.09 bits per heavy atom. The minimum atomic E-state index is -0.919. The van der Waals surface area contributed by atoms with E-state index in [0.717, 1.165) is 37.8 Å². The summed E-state index contributed by atoms with van der Waals surface area (Å²) in [5, 5.41) is 3.80. The van der Waals surface area contributed by atoms with Crippen molar-refractivity contribution < 1.29 is 9.59 Å². The molecule has 1 N–H and O–H groups in total. The van der Waals surface area contributed by atoms with Crippen LogP contribution in [0, 0.1) is 0 Å². The Morgan fingerprint density at radius 3 is 2.74 bits per heavy atom. The molecule has 4 nitrogen and oxygen atoms in total. The fraction of sp³-hybridized carbons (Fsp3) is 0.556. The quantitative estimate of drug-likeness (QED) is 0.924. The lowest BCUT2D eigenvalue weighted by Crippen LogP contribution is -2.57. The number of halogens is 1. The molecule has 2 atom stereocenters. The molecule has 0 unspecified atom stereocenters. The van der Waals surface area contributed by atoms with Crippen molar-refractivity contribution in [2.45, 2.75) is 50.1 Å². The lowest BCUT2D eigenvalue weighted by Gasteiger charge is -2.44. The Bertz CT molecular complexity index is 613. The average molecular weight is 335 g/mol. The molecule has 0 radical (unpaired) electrons. The molecule has 1 aliphatic carbocycles. The smallest absolute Gasteiger partial charge is 0.240 e. The molecule has 5 heteroatoms. The summed E-state index contributed by atoms with van der Waals surface area (Å²) in [6.45, 7) is 0.858. The van der Waals surface area contributed by atoms with E-state index >= 15 is 0 Å². The van der Waals surface area contributed by atoms with Crippen LogP contribution < -0.4 is 5.32 Å². The van der Waals surface area contributed by atoms with Gasteiger partial charge in [0.05, 0.1) is 6.04 Å². The predicted octanol–water partition coefficient (Wildman–Crippen LogP) is 2.89. The third-order valence-electron chi connectivity index (χ3n) is 5.23. The van der Waals surface area contributed by atoms with Gasteiger partial charge in [-0.05, 0) is 44.7 Å². The number of hydrogen-bond acceptors (Lipinski definition) is 3. The highest BCUT2D eigenvalue weighted by atomic mass is 35.5. The molecule has 2 fully saturated rings. The van der Waals surface area contributed by atoms with Gasteiger partial charge in [0.1, 0.15) is 5.54 Å². The fourth-order valence-electron chi connectivity index (χ4n) is 3.95. The van der Waals surface area contributed by atoms with Crippen LogP contribution in [0.4, 0.5) is 0 Å². The third kappa shape index (κ3) is 2.79. The molecule has 124 valence electrons. The number of nitrogens with zero attached hydrogens (tertiary/aromatic N) is 1. The topological polar surface area (TPSA) is 49.4 Å². The highest BCUT2D eigenvalue weighted by Crippen LogP contribution is 2.42. The van der Waals surface area contributed by atoms with Gasteiger partial charge < -0.3 is 10.2 Å². The molecule has 2 aliphatic rings. The third-order valence-corrected chi connectivity index (χ3v) is 5.56. The molecule has 0 bridgehead atoms. The maximum atomic E-state index is 13.0. The summed E-state index contributed by atoms with van der Waals surface area (Å²) in [7, 11) is 1.76. The van der Waals surface area contributed by atoms with Crippen molar-refractivity contribution in [3.63, 3.8) is 0 Å². The first-order chi connectivity index (χ1) is 11.1. The largest absolute Gasteiger partial charge is 0.327 e. The van der Waals surface area contributed by atoms with Crippen LogP contribution in [0.25, 0.3) is 0 Å². The molecule has 1 amide bonds. The van der Waals surface area contributed by atoms with Gasteiger partial charge in [0.2, 0.25) is 5.91 Å². The molecule has 1 heterocycles. The van der Waals surface area contributed by atoms with Gasteiger partial charge in [-0.25, -0.2) is 0 Å². The second-order valence-corrected chi connectivity index (χ2v) is 6.92. The van der Waals surface area contributed by atoms with E-state index in [1.165, 1.54) is 0 Å². The molecule has 3 rings (SSSR count). The molecular weight excluding hydrogens is 312 g/mol. The molecule has 1 saturated carbocycles. The van der Waals surface area contributed by atoms with Crippen molar-refractivity contribution in [3.8, 4) is 0 Å². The van der Waals surface area contributed by atoms with Crippen LogP contribution in [-0.2, 0) is 15.1 Å². The number of carbonyl (C=O) groups is 2. The second kappa shape index (κ2) is 6.62. The number of rotatable bonds is 3. The van der Waals surface area contributed by atoms with Gasteiger partial charge >= 0.3 is 0 Å². The minimum Gasteiger partial charge on any atom is -0.327 e. The fourth-order valence-corrected chi connectivity index (χ4v) is 4.24. The van der Waals surface area contributed by atoms with E-state index in [9.17, 15) is 9.59 Å². The number of likely N-dealkylation sites (N-methyl/N-ethyl adjacent to an activating group) is 1. The summed E-state index contributed by atoms with van der Waals surface area (Å²) >= 11 is 6.42. The van der Waals surface area contributed by atoms with Crippen molar-refractivity contribution in [1.82, 2.24) is 10.2 Å².